The third-order valence-corrected chi connectivity index (χ3v) is 4.22. The molecule has 1 saturated heterocycles. The number of piperidine rings is 1. The van der Waals surface area contributed by atoms with Crippen LogP contribution in [0.2, 0.25) is 0 Å². The first-order chi connectivity index (χ1) is 9.41. The molecule has 2 atom stereocenters. The van der Waals surface area contributed by atoms with Crippen molar-refractivity contribution in [2.75, 3.05) is 13.1 Å². The standard InChI is InChI=1S/C16H23FN2O/c1-11-10-18-8-7-14(11)19-15(20)16(2,3)12-5-4-6-13(17)9-12/h4-6,9,11,14,18H,7-8,10H2,1-3H3,(H,19,20). The molecule has 2 N–H and O–H groups in total. The highest BCUT2D eigenvalue weighted by Crippen LogP contribution is 2.25. The highest BCUT2D eigenvalue weighted by Gasteiger charge is 2.33. The molecular formula is C16H23FN2O. The summed E-state index contributed by atoms with van der Waals surface area (Å²) in [6, 6.07) is 6.47. The van der Waals surface area contributed by atoms with Gasteiger partial charge in [0.2, 0.25) is 5.91 Å². The number of carbonyl (C=O) groups excluding carboxylic acids is 1. The molecule has 1 amide bonds. The lowest BCUT2D eigenvalue weighted by atomic mass is 9.82. The van der Waals surface area contributed by atoms with Crippen LogP contribution >= 0.6 is 0 Å². The average Bonchev–Trinajstić information content (AvgIpc) is 2.41. The van der Waals surface area contributed by atoms with E-state index in [2.05, 4.69) is 17.6 Å². The van der Waals surface area contributed by atoms with Gasteiger partial charge >= 0.3 is 0 Å². The van der Waals surface area contributed by atoms with Crippen LogP contribution in [0.3, 0.4) is 0 Å². The van der Waals surface area contributed by atoms with Gasteiger partial charge in [-0.1, -0.05) is 19.1 Å². The maximum atomic E-state index is 13.3. The van der Waals surface area contributed by atoms with Crippen molar-refractivity contribution in [1.82, 2.24) is 10.6 Å². The molecule has 0 aliphatic carbocycles. The normalized spacial score (nSPS) is 23.4. The molecular weight excluding hydrogens is 255 g/mol. The molecule has 1 aliphatic rings. The SMILES string of the molecule is CC1CNCCC1NC(=O)C(C)(C)c1cccc(F)c1. The van der Waals surface area contributed by atoms with E-state index in [9.17, 15) is 9.18 Å². The average molecular weight is 278 g/mol. The van der Waals surface area contributed by atoms with E-state index in [1.54, 1.807) is 12.1 Å². The number of nitrogens with one attached hydrogen (secondary N) is 2. The Hall–Kier alpha value is -1.42. The summed E-state index contributed by atoms with van der Waals surface area (Å²) in [6.45, 7) is 7.65. The molecule has 1 aliphatic heterocycles. The highest BCUT2D eigenvalue weighted by molar-refractivity contribution is 5.87. The summed E-state index contributed by atoms with van der Waals surface area (Å²) in [5, 5.41) is 6.44. The molecule has 0 bridgehead atoms. The minimum atomic E-state index is -0.729. The van der Waals surface area contributed by atoms with Gasteiger partial charge in [-0.3, -0.25) is 4.79 Å². The fourth-order valence-corrected chi connectivity index (χ4v) is 2.59. The summed E-state index contributed by atoms with van der Waals surface area (Å²) in [7, 11) is 0. The Labute approximate surface area is 120 Å². The van der Waals surface area contributed by atoms with Gasteiger partial charge in [-0.15, -0.1) is 0 Å². The summed E-state index contributed by atoms with van der Waals surface area (Å²) >= 11 is 0. The summed E-state index contributed by atoms with van der Waals surface area (Å²) in [5.74, 6) is 0.0662. The van der Waals surface area contributed by atoms with E-state index in [1.165, 1.54) is 12.1 Å². The Balaban J connectivity index is 2.10. The van der Waals surface area contributed by atoms with E-state index < -0.39 is 5.41 Å². The zero-order valence-electron chi connectivity index (χ0n) is 12.4. The van der Waals surface area contributed by atoms with Crippen LogP contribution in [0.4, 0.5) is 4.39 Å². The number of hydrogen-bond donors (Lipinski definition) is 2. The lowest BCUT2D eigenvalue weighted by molar-refractivity contribution is -0.126. The molecule has 1 heterocycles. The van der Waals surface area contributed by atoms with Crippen LogP contribution in [0.25, 0.3) is 0 Å². The Morgan fingerprint density at radius 3 is 2.85 bits per heavy atom. The number of hydrogen-bond acceptors (Lipinski definition) is 2. The number of carbonyl (C=O) groups is 1. The Morgan fingerprint density at radius 1 is 1.45 bits per heavy atom. The molecule has 1 aromatic carbocycles. The topological polar surface area (TPSA) is 41.1 Å². The van der Waals surface area contributed by atoms with Gasteiger partial charge in [-0.2, -0.15) is 0 Å². The Kier molecular flexibility index (Phi) is 4.43. The van der Waals surface area contributed by atoms with Gasteiger partial charge in [-0.25, -0.2) is 4.39 Å². The summed E-state index contributed by atoms with van der Waals surface area (Å²) in [4.78, 5) is 12.5. The molecule has 3 nitrogen and oxygen atoms in total. The van der Waals surface area contributed by atoms with E-state index in [4.69, 9.17) is 0 Å². The monoisotopic (exact) mass is 278 g/mol. The summed E-state index contributed by atoms with van der Waals surface area (Å²) in [6.07, 6.45) is 0.937. The van der Waals surface area contributed by atoms with Crippen LogP contribution < -0.4 is 10.6 Å². The molecule has 0 aromatic heterocycles. The quantitative estimate of drug-likeness (QED) is 0.890. The van der Waals surface area contributed by atoms with Crippen molar-refractivity contribution in [2.24, 2.45) is 5.92 Å². The molecule has 0 spiro atoms. The molecule has 2 rings (SSSR count). The van der Waals surface area contributed by atoms with Gasteiger partial charge < -0.3 is 10.6 Å². The molecule has 4 heteroatoms. The summed E-state index contributed by atoms with van der Waals surface area (Å²) < 4.78 is 13.3. The fourth-order valence-electron chi connectivity index (χ4n) is 2.59. The number of rotatable bonds is 3. The number of halogens is 1. The van der Waals surface area contributed by atoms with Crippen molar-refractivity contribution in [3.05, 3.63) is 35.6 Å². The maximum absolute atomic E-state index is 13.3. The predicted octanol–water partition coefficient (Wildman–Crippen LogP) is 2.22. The second kappa shape index (κ2) is 5.92. The number of amides is 1. The van der Waals surface area contributed by atoms with E-state index in [0.717, 1.165) is 19.5 Å². The maximum Gasteiger partial charge on any atom is 0.230 e. The molecule has 110 valence electrons. The lowest BCUT2D eigenvalue weighted by Crippen LogP contribution is -2.52. The van der Waals surface area contributed by atoms with Crippen molar-refractivity contribution < 1.29 is 9.18 Å². The Bertz CT molecular complexity index is 487. The minimum Gasteiger partial charge on any atom is -0.352 e. The molecule has 1 aromatic rings. The second-order valence-corrected chi connectivity index (χ2v) is 6.19. The van der Waals surface area contributed by atoms with Crippen molar-refractivity contribution >= 4 is 5.91 Å². The van der Waals surface area contributed by atoms with E-state index in [1.807, 2.05) is 13.8 Å². The van der Waals surface area contributed by atoms with E-state index in [0.29, 0.717) is 11.5 Å². The van der Waals surface area contributed by atoms with E-state index in [-0.39, 0.29) is 17.8 Å². The molecule has 1 fully saturated rings. The van der Waals surface area contributed by atoms with Crippen LogP contribution in [0.5, 0.6) is 0 Å². The van der Waals surface area contributed by atoms with Crippen LogP contribution in [0.1, 0.15) is 32.8 Å². The smallest absolute Gasteiger partial charge is 0.230 e. The lowest BCUT2D eigenvalue weighted by Gasteiger charge is -2.33. The van der Waals surface area contributed by atoms with Gasteiger partial charge in [0.1, 0.15) is 5.82 Å². The molecule has 2 unspecified atom stereocenters. The molecule has 0 radical (unpaired) electrons. The number of benzene rings is 1. The fraction of sp³-hybridized carbons (Fsp3) is 0.562. The highest BCUT2D eigenvalue weighted by atomic mass is 19.1. The van der Waals surface area contributed by atoms with Gasteiger partial charge in [0.15, 0.2) is 0 Å². The second-order valence-electron chi connectivity index (χ2n) is 6.19. The zero-order chi connectivity index (χ0) is 14.8. The van der Waals surface area contributed by atoms with Crippen molar-refractivity contribution in [2.45, 2.75) is 38.6 Å². The van der Waals surface area contributed by atoms with Crippen molar-refractivity contribution in [3.63, 3.8) is 0 Å². The largest absolute Gasteiger partial charge is 0.352 e. The van der Waals surface area contributed by atoms with Crippen molar-refractivity contribution in [1.29, 1.82) is 0 Å². The third kappa shape index (κ3) is 3.18. The van der Waals surface area contributed by atoms with Crippen LogP contribution in [0, 0.1) is 11.7 Å². The van der Waals surface area contributed by atoms with E-state index >= 15 is 0 Å². The van der Waals surface area contributed by atoms with Crippen molar-refractivity contribution in [3.8, 4) is 0 Å². The van der Waals surface area contributed by atoms with Gasteiger partial charge in [0.25, 0.3) is 0 Å². The predicted molar refractivity (Wildman–Crippen MR) is 78.0 cm³/mol. The van der Waals surface area contributed by atoms with Crippen LogP contribution in [-0.4, -0.2) is 25.0 Å². The van der Waals surface area contributed by atoms with Gasteiger partial charge in [0, 0.05) is 6.04 Å². The first-order valence-corrected chi connectivity index (χ1v) is 7.19. The van der Waals surface area contributed by atoms with Gasteiger partial charge in [-0.05, 0) is 57.0 Å². The first-order valence-electron chi connectivity index (χ1n) is 7.19. The van der Waals surface area contributed by atoms with Crippen LogP contribution in [-0.2, 0) is 10.2 Å². The summed E-state index contributed by atoms with van der Waals surface area (Å²) in [5.41, 5.74) is -0.0243. The molecule has 20 heavy (non-hydrogen) atoms. The van der Waals surface area contributed by atoms with Crippen LogP contribution in [0.15, 0.2) is 24.3 Å². The Morgan fingerprint density at radius 2 is 2.20 bits per heavy atom. The van der Waals surface area contributed by atoms with Gasteiger partial charge in [0.05, 0.1) is 5.41 Å². The minimum absolute atomic E-state index is 0.0400. The molecule has 0 saturated carbocycles. The zero-order valence-corrected chi connectivity index (χ0v) is 12.4. The third-order valence-electron chi connectivity index (χ3n) is 4.22. The first kappa shape index (κ1) is 15.0.